The van der Waals surface area contributed by atoms with Gasteiger partial charge in [0.2, 0.25) is 0 Å². The van der Waals surface area contributed by atoms with Gasteiger partial charge in [0.15, 0.2) is 0 Å². The molecule has 2 unspecified atom stereocenters. The minimum Gasteiger partial charge on any atom is -0.371 e. The van der Waals surface area contributed by atoms with Crippen molar-refractivity contribution in [3.8, 4) is 0 Å². The lowest BCUT2D eigenvalue weighted by atomic mass is 9.86. The summed E-state index contributed by atoms with van der Waals surface area (Å²) in [4.78, 5) is 7.04. The van der Waals surface area contributed by atoms with E-state index < -0.39 is 0 Å². The van der Waals surface area contributed by atoms with E-state index in [-0.39, 0.29) is 0 Å². The Morgan fingerprint density at radius 1 is 1.29 bits per heavy atom. The molecule has 2 atom stereocenters. The summed E-state index contributed by atoms with van der Waals surface area (Å²) in [5.74, 6) is 0.863. The molecule has 116 valence electrons. The van der Waals surface area contributed by atoms with E-state index in [4.69, 9.17) is 0 Å². The van der Waals surface area contributed by atoms with Gasteiger partial charge >= 0.3 is 0 Å². The summed E-state index contributed by atoms with van der Waals surface area (Å²) in [6, 6.07) is 3.71. The second-order valence-electron chi connectivity index (χ2n) is 7.15. The van der Waals surface area contributed by atoms with Gasteiger partial charge in [-0.3, -0.25) is 4.98 Å². The molecule has 2 aliphatic rings. The van der Waals surface area contributed by atoms with Crippen molar-refractivity contribution in [3.63, 3.8) is 0 Å². The number of rotatable bonds is 5. The van der Waals surface area contributed by atoms with Crippen LogP contribution in [0.25, 0.3) is 0 Å². The molecular formula is C18H29N3. The lowest BCUT2D eigenvalue weighted by molar-refractivity contribution is 0.336. The van der Waals surface area contributed by atoms with Crippen molar-refractivity contribution in [1.82, 2.24) is 10.3 Å². The summed E-state index contributed by atoms with van der Waals surface area (Å²) in [6.45, 7) is 5.45. The van der Waals surface area contributed by atoms with E-state index in [2.05, 4.69) is 48.4 Å². The number of aryl methyl sites for hydroxylation is 1. The molecule has 3 rings (SSSR count). The van der Waals surface area contributed by atoms with Crippen LogP contribution in [-0.2, 0) is 6.54 Å². The van der Waals surface area contributed by atoms with Crippen LogP contribution >= 0.6 is 0 Å². The van der Waals surface area contributed by atoms with Crippen LogP contribution in [0.2, 0.25) is 0 Å². The summed E-state index contributed by atoms with van der Waals surface area (Å²) in [7, 11) is 2.28. The molecule has 2 aliphatic carbocycles. The summed E-state index contributed by atoms with van der Waals surface area (Å²) in [5.41, 5.74) is 3.86. The molecule has 1 N–H and O–H groups in total. The van der Waals surface area contributed by atoms with Crippen LogP contribution in [0.4, 0.5) is 5.69 Å². The van der Waals surface area contributed by atoms with Crippen molar-refractivity contribution < 1.29 is 0 Å². The van der Waals surface area contributed by atoms with Gasteiger partial charge in [-0.15, -0.1) is 0 Å². The van der Waals surface area contributed by atoms with Gasteiger partial charge in [-0.25, -0.2) is 0 Å². The topological polar surface area (TPSA) is 28.2 Å². The lowest BCUT2D eigenvalue weighted by Gasteiger charge is -2.36. The third kappa shape index (κ3) is 3.76. The maximum atomic E-state index is 4.51. The first-order valence-electron chi connectivity index (χ1n) is 8.55. The highest BCUT2D eigenvalue weighted by Crippen LogP contribution is 2.31. The lowest BCUT2D eigenvalue weighted by Crippen LogP contribution is -2.36. The third-order valence-electron chi connectivity index (χ3n) is 5.09. The molecule has 1 heterocycles. The number of aromatic nitrogens is 1. The van der Waals surface area contributed by atoms with Crippen molar-refractivity contribution in [3.05, 3.63) is 23.5 Å². The van der Waals surface area contributed by atoms with Gasteiger partial charge in [-0.1, -0.05) is 19.8 Å². The second kappa shape index (κ2) is 6.35. The van der Waals surface area contributed by atoms with Crippen molar-refractivity contribution >= 4 is 5.69 Å². The Morgan fingerprint density at radius 2 is 2.10 bits per heavy atom. The number of nitrogens with zero attached hydrogens (tertiary/aromatic N) is 2. The van der Waals surface area contributed by atoms with Gasteiger partial charge in [0.1, 0.15) is 0 Å². The highest BCUT2D eigenvalue weighted by atomic mass is 15.1. The molecule has 3 nitrogen and oxygen atoms in total. The normalized spacial score (nSPS) is 25.9. The molecule has 0 aromatic carbocycles. The average Bonchev–Trinajstić information content (AvgIpc) is 3.29. The summed E-state index contributed by atoms with van der Waals surface area (Å²) >= 11 is 0. The van der Waals surface area contributed by atoms with Gasteiger partial charge in [0.05, 0.1) is 0 Å². The van der Waals surface area contributed by atoms with E-state index in [1.54, 1.807) is 0 Å². The fraction of sp³-hybridized carbons (Fsp3) is 0.722. The Labute approximate surface area is 129 Å². The minimum absolute atomic E-state index is 0.690. The van der Waals surface area contributed by atoms with Crippen LogP contribution in [-0.4, -0.2) is 24.1 Å². The molecule has 2 saturated carbocycles. The van der Waals surface area contributed by atoms with E-state index in [1.165, 1.54) is 49.8 Å². The molecule has 0 spiro atoms. The fourth-order valence-corrected chi connectivity index (χ4v) is 3.53. The first-order valence-corrected chi connectivity index (χ1v) is 8.55. The van der Waals surface area contributed by atoms with Gasteiger partial charge in [-0.2, -0.15) is 0 Å². The molecule has 0 aliphatic heterocycles. The zero-order chi connectivity index (χ0) is 14.8. The van der Waals surface area contributed by atoms with Crippen LogP contribution in [0.5, 0.6) is 0 Å². The first-order chi connectivity index (χ1) is 10.1. The molecule has 21 heavy (non-hydrogen) atoms. The Morgan fingerprint density at radius 3 is 2.81 bits per heavy atom. The van der Waals surface area contributed by atoms with E-state index in [9.17, 15) is 0 Å². The Bertz CT molecular complexity index is 481. The maximum Gasteiger partial charge on any atom is 0.0445 e. The predicted molar refractivity (Wildman–Crippen MR) is 88.7 cm³/mol. The SMILES string of the molecule is Cc1cc(N(C)C2CCCC(C)C2)c(CNC2CC2)cn1. The zero-order valence-electron chi connectivity index (χ0n) is 13.7. The van der Waals surface area contributed by atoms with Crippen molar-refractivity contribution in [1.29, 1.82) is 0 Å². The zero-order valence-corrected chi connectivity index (χ0v) is 13.7. The van der Waals surface area contributed by atoms with Gasteiger partial charge in [0, 0.05) is 48.8 Å². The van der Waals surface area contributed by atoms with E-state index >= 15 is 0 Å². The van der Waals surface area contributed by atoms with Crippen LogP contribution in [0.3, 0.4) is 0 Å². The van der Waals surface area contributed by atoms with Crippen LogP contribution in [0, 0.1) is 12.8 Å². The van der Waals surface area contributed by atoms with Crippen molar-refractivity contribution in [2.45, 2.75) is 71.0 Å². The molecule has 1 aromatic rings. The van der Waals surface area contributed by atoms with Gasteiger partial charge in [-0.05, 0) is 44.6 Å². The predicted octanol–water partition coefficient (Wildman–Crippen LogP) is 3.66. The molecular weight excluding hydrogens is 258 g/mol. The van der Waals surface area contributed by atoms with Crippen molar-refractivity contribution in [2.24, 2.45) is 5.92 Å². The smallest absolute Gasteiger partial charge is 0.0445 e. The Hall–Kier alpha value is -1.09. The quantitative estimate of drug-likeness (QED) is 0.896. The monoisotopic (exact) mass is 287 g/mol. The van der Waals surface area contributed by atoms with Gasteiger partial charge in [0.25, 0.3) is 0 Å². The Kier molecular flexibility index (Phi) is 4.48. The summed E-state index contributed by atoms with van der Waals surface area (Å²) in [5, 5.41) is 3.63. The number of nitrogens with one attached hydrogen (secondary N) is 1. The van der Waals surface area contributed by atoms with Crippen LogP contribution < -0.4 is 10.2 Å². The van der Waals surface area contributed by atoms with Gasteiger partial charge < -0.3 is 10.2 Å². The highest BCUT2D eigenvalue weighted by Gasteiger charge is 2.25. The molecule has 2 fully saturated rings. The third-order valence-corrected chi connectivity index (χ3v) is 5.09. The molecule has 0 bridgehead atoms. The summed E-state index contributed by atoms with van der Waals surface area (Å²) < 4.78 is 0. The van der Waals surface area contributed by atoms with Crippen LogP contribution in [0.1, 0.15) is 56.7 Å². The number of hydrogen-bond acceptors (Lipinski definition) is 3. The second-order valence-corrected chi connectivity index (χ2v) is 7.15. The molecule has 0 radical (unpaired) electrons. The molecule has 1 aromatic heterocycles. The molecule has 0 amide bonds. The minimum atomic E-state index is 0.690. The number of anilines is 1. The summed E-state index contributed by atoms with van der Waals surface area (Å²) in [6.07, 6.45) is 10.2. The number of hydrogen-bond donors (Lipinski definition) is 1. The largest absolute Gasteiger partial charge is 0.371 e. The standard InChI is InChI=1S/C18H29N3/c1-13-5-4-6-17(9-13)21(3)18-10-14(2)19-11-15(18)12-20-16-7-8-16/h10-11,13,16-17,20H,4-9,12H2,1-3H3. The van der Waals surface area contributed by atoms with Crippen molar-refractivity contribution in [2.75, 3.05) is 11.9 Å². The highest BCUT2D eigenvalue weighted by molar-refractivity contribution is 5.54. The molecule has 0 saturated heterocycles. The average molecular weight is 287 g/mol. The Balaban J connectivity index is 1.75. The van der Waals surface area contributed by atoms with E-state index in [0.717, 1.165) is 24.2 Å². The van der Waals surface area contributed by atoms with Crippen LogP contribution in [0.15, 0.2) is 12.3 Å². The first kappa shape index (κ1) is 14.8. The van der Waals surface area contributed by atoms with E-state index in [1.807, 2.05) is 0 Å². The maximum absolute atomic E-state index is 4.51. The number of pyridine rings is 1. The molecule has 3 heteroatoms. The fourth-order valence-electron chi connectivity index (χ4n) is 3.53. The van der Waals surface area contributed by atoms with E-state index in [0.29, 0.717) is 6.04 Å².